The highest BCUT2D eigenvalue weighted by Gasteiger charge is 2.33. The summed E-state index contributed by atoms with van der Waals surface area (Å²) in [5.41, 5.74) is 5.19. The zero-order chi connectivity index (χ0) is 33.4. The second kappa shape index (κ2) is 15.5. The van der Waals surface area contributed by atoms with Crippen molar-refractivity contribution in [2.45, 2.75) is 69.1 Å². The van der Waals surface area contributed by atoms with Gasteiger partial charge in [0.1, 0.15) is 12.6 Å². The Morgan fingerprint density at radius 3 is 2.47 bits per heavy atom. The van der Waals surface area contributed by atoms with Crippen LogP contribution in [0, 0.1) is 0 Å². The maximum Gasteiger partial charge on any atom is 0.315 e. The molecule has 0 aliphatic carbocycles. The number of carbonyl (C=O) groups is 4. The molecule has 248 valence electrons. The average Bonchev–Trinajstić information content (AvgIpc) is 3.17. The summed E-state index contributed by atoms with van der Waals surface area (Å²) in [5, 5.41) is 11.9. The van der Waals surface area contributed by atoms with E-state index in [0.29, 0.717) is 32.5 Å². The molecule has 0 spiro atoms. The van der Waals surface area contributed by atoms with Gasteiger partial charge in [0.05, 0.1) is 13.0 Å². The lowest BCUT2D eigenvalue weighted by Crippen LogP contribution is -2.51. The van der Waals surface area contributed by atoms with Gasteiger partial charge in [-0.3, -0.25) is 14.4 Å². The van der Waals surface area contributed by atoms with Gasteiger partial charge in [0, 0.05) is 42.2 Å². The van der Waals surface area contributed by atoms with Crippen LogP contribution in [0.1, 0.15) is 49.8 Å². The number of amides is 4. The Balaban J connectivity index is 1.43. The summed E-state index contributed by atoms with van der Waals surface area (Å²) >= 11 is 1.66. The summed E-state index contributed by atoms with van der Waals surface area (Å²) in [6.07, 6.45) is 3.36. The Hall–Kier alpha value is -4.35. The second-order valence-corrected chi connectivity index (χ2v) is 13.4. The van der Waals surface area contributed by atoms with Gasteiger partial charge in [0.2, 0.25) is 11.8 Å². The molecule has 3 aromatic carbocycles. The minimum absolute atomic E-state index is 0.0387. The molecule has 4 bridgehead atoms. The number of anilines is 1. The van der Waals surface area contributed by atoms with Gasteiger partial charge in [0.15, 0.2) is 0 Å². The number of hydrogen-bond acceptors (Lipinski definition) is 7. The van der Waals surface area contributed by atoms with E-state index in [0.717, 1.165) is 38.4 Å². The molecule has 11 heteroatoms. The van der Waals surface area contributed by atoms with Crippen molar-refractivity contribution in [1.82, 2.24) is 21.3 Å². The first kappa shape index (κ1) is 34.0. The maximum atomic E-state index is 14.1. The molecule has 3 aliphatic heterocycles. The van der Waals surface area contributed by atoms with Crippen LogP contribution in [0.3, 0.4) is 0 Å². The number of nitrogens with one attached hydrogen (secondary N) is 4. The number of thioether (sulfide) groups is 1. The highest BCUT2D eigenvalue weighted by atomic mass is 32.2. The number of ether oxygens (including phenoxy) is 1. The standard InChI is InChI=1S/C36H43N5O5S/c1-36(2)21-32(42)40-30-14-12-26-20-28(47-3)13-15-31(26)41(34(30)44)23-24-8-10-25(11-9-24)29-7-5-4-6-27(29)22-38-35(45)37-17-16-33(43)46-19-18-39-36/h4-11,13,15,20,30,39H,12,14,16-19,21-23H2,1-3H3,(H,40,42)(H2,37,38,45)/t30-/m1/s1. The number of rotatable bonds is 1. The molecule has 6 rings (SSSR count). The molecule has 0 saturated heterocycles. The van der Waals surface area contributed by atoms with Gasteiger partial charge in [-0.1, -0.05) is 48.5 Å². The molecule has 3 heterocycles. The fraction of sp³-hybridized carbons (Fsp3) is 0.389. The lowest BCUT2D eigenvalue weighted by atomic mass is 9.98. The average molecular weight is 658 g/mol. The van der Waals surface area contributed by atoms with Gasteiger partial charge in [-0.25, -0.2) is 4.79 Å². The van der Waals surface area contributed by atoms with Gasteiger partial charge in [0.25, 0.3) is 0 Å². The van der Waals surface area contributed by atoms with Crippen molar-refractivity contribution >= 4 is 41.3 Å². The van der Waals surface area contributed by atoms with Crippen LogP contribution in [-0.2, 0) is 38.6 Å². The van der Waals surface area contributed by atoms with Gasteiger partial charge < -0.3 is 30.9 Å². The van der Waals surface area contributed by atoms with Gasteiger partial charge in [-0.05, 0) is 79.0 Å². The number of carbonyl (C=O) groups excluding carboxylic acids is 4. The van der Waals surface area contributed by atoms with E-state index in [-0.39, 0.29) is 43.8 Å². The van der Waals surface area contributed by atoms with E-state index >= 15 is 0 Å². The Kier molecular flexibility index (Phi) is 11.2. The van der Waals surface area contributed by atoms with E-state index < -0.39 is 17.6 Å². The Labute approximate surface area is 280 Å². The van der Waals surface area contributed by atoms with Crippen LogP contribution in [0.4, 0.5) is 10.5 Å². The van der Waals surface area contributed by atoms with Crippen LogP contribution in [0.15, 0.2) is 71.6 Å². The van der Waals surface area contributed by atoms with Crippen molar-refractivity contribution in [2.24, 2.45) is 0 Å². The van der Waals surface area contributed by atoms with Crippen LogP contribution in [0.2, 0.25) is 0 Å². The van der Waals surface area contributed by atoms with Crippen LogP contribution < -0.4 is 26.2 Å². The molecule has 0 unspecified atom stereocenters. The normalized spacial score (nSPS) is 19.8. The number of aryl methyl sites for hydroxylation is 1. The zero-order valence-electron chi connectivity index (χ0n) is 27.2. The molecule has 10 nitrogen and oxygen atoms in total. The van der Waals surface area contributed by atoms with Crippen LogP contribution >= 0.6 is 11.8 Å². The van der Waals surface area contributed by atoms with Crippen molar-refractivity contribution in [3.05, 3.63) is 83.4 Å². The first-order valence-corrected chi connectivity index (χ1v) is 17.2. The van der Waals surface area contributed by atoms with Crippen molar-refractivity contribution in [1.29, 1.82) is 0 Å². The quantitative estimate of drug-likeness (QED) is 0.223. The summed E-state index contributed by atoms with van der Waals surface area (Å²) in [6.45, 7) is 5.07. The van der Waals surface area contributed by atoms with Crippen LogP contribution in [-0.4, -0.2) is 61.3 Å². The van der Waals surface area contributed by atoms with E-state index in [1.807, 2.05) is 80.8 Å². The highest BCUT2D eigenvalue weighted by Crippen LogP contribution is 2.33. The molecule has 4 N–H and O–H groups in total. The van der Waals surface area contributed by atoms with Crippen LogP contribution in [0.5, 0.6) is 0 Å². The molecular formula is C36H43N5O5S. The monoisotopic (exact) mass is 657 g/mol. The van der Waals surface area contributed by atoms with Crippen molar-refractivity contribution in [2.75, 3.05) is 30.9 Å². The highest BCUT2D eigenvalue weighted by molar-refractivity contribution is 7.98. The van der Waals surface area contributed by atoms with E-state index in [1.165, 1.54) is 0 Å². The number of hydrogen-bond donors (Lipinski definition) is 4. The smallest absolute Gasteiger partial charge is 0.315 e. The lowest BCUT2D eigenvalue weighted by molar-refractivity contribution is -0.143. The van der Waals surface area contributed by atoms with Crippen molar-refractivity contribution in [3.8, 4) is 11.1 Å². The number of nitrogens with zero attached hydrogens (tertiary/aromatic N) is 1. The van der Waals surface area contributed by atoms with E-state index in [2.05, 4.69) is 27.3 Å². The SMILES string of the molecule is CSc1ccc2c(c1)CC[C@H]1NC(=O)CC(C)(C)NCCOC(=O)CCNC(=O)NCc3ccccc3-c3ccc(cc3)CN2C1=O. The van der Waals surface area contributed by atoms with E-state index in [9.17, 15) is 19.2 Å². The summed E-state index contributed by atoms with van der Waals surface area (Å²) in [6, 6.07) is 21.1. The number of esters is 1. The summed E-state index contributed by atoms with van der Waals surface area (Å²) < 4.78 is 5.31. The summed E-state index contributed by atoms with van der Waals surface area (Å²) in [4.78, 5) is 55.0. The number of urea groups is 1. The second-order valence-electron chi connectivity index (χ2n) is 12.5. The third-order valence-electron chi connectivity index (χ3n) is 8.43. The molecule has 0 aromatic heterocycles. The van der Waals surface area contributed by atoms with E-state index in [1.54, 1.807) is 16.7 Å². The minimum Gasteiger partial charge on any atom is -0.464 e. The summed E-state index contributed by atoms with van der Waals surface area (Å²) in [7, 11) is 0. The van der Waals surface area contributed by atoms with Gasteiger partial charge in [-0.15, -0.1) is 11.8 Å². The number of fused-ring (bicyclic) bond motifs is 17. The molecule has 4 amide bonds. The van der Waals surface area contributed by atoms with Crippen molar-refractivity contribution in [3.63, 3.8) is 0 Å². The van der Waals surface area contributed by atoms with Gasteiger partial charge >= 0.3 is 12.0 Å². The maximum absolute atomic E-state index is 14.1. The van der Waals surface area contributed by atoms with Crippen molar-refractivity contribution < 1.29 is 23.9 Å². The molecule has 47 heavy (non-hydrogen) atoms. The first-order chi connectivity index (χ1) is 22.6. The van der Waals surface area contributed by atoms with Crippen LogP contribution in [0.25, 0.3) is 11.1 Å². The molecule has 3 aliphatic rings. The third-order valence-corrected chi connectivity index (χ3v) is 9.15. The molecule has 0 radical (unpaired) electrons. The fourth-order valence-electron chi connectivity index (χ4n) is 5.96. The molecule has 0 saturated carbocycles. The predicted molar refractivity (Wildman–Crippen MR) is 184 cm³/mol. The summed E-state index contributed by atoms with van der Waals surface area (Å²) in [5.74, 6) is -0.800. The minimum atomic E-state index is -0.672. The molecule has 1 atom stereocenters. The third kappa shape index (κ3) is 9.14. The largest absolute Gasteiger partial charge is 0.464 e. The molecule has 0 fully saturated rings. The first-order valence-electron chi connectivity index (χ1n) is 16.0. The predicted octanol–water partition coefficient (Wildman–Crippen LogP) is 4.54. The fourth-order valence-corrected chi connectivity index (χ4v) is 6.42. The van der Waals surface area contributed by atoms with Gasteiger partial charge in [-0.2, -0.15) is 0 Å². The topological polar surface area (TPSA) is 129 Å². The Bertz CT molecular complexity index is 1610. The molecule has 3 aromatic rings. The lowest BCUT2D eigenvalue weighted by Gasteiger charge is -2.29. The zero-order valence-corrected chi connectivity index (χ0v) is 28.0. The van der Waals surface area contributed by atoms with E-state index in [4.69, 9.17) is 4.74 Å². The Morgan fingerprint density at radius 1 is 0.894 bits per heavy atom. The number of benzene rings is 3. The molecular weight excluding hydrogens is 614 g/mol. The Morgan fingerprint density at radius 2 is 1.68 bits per heavy atom.